The number of ether oxygens (including phenoxy) is 2. The molecule has 8 heteroatoms. The molecule has 0 aliphatic rings. The minimum atomic E-state index is -1.17. The van der Waals surface area contributed by atoms with Crippen LogP contribution in [0.25, 0.3) is 0 Å². The lowest BCUT2D eigenvalue weighted by Gasteiger charge is -2.32. The van der Waals surface area contributed by atoms with Gasteiger partial charge in [0, 0.05) is 6.42 Å². The van der Waals surface area contributed by atoms with Gasteiger partial charge in [-0.1, -0.05) is 116 Å². The van der Waals surface area contributed by atoms with Gasteiger partial charge in [-0.05, 0) is 18.6 Å². The average molecular weight is 579 g/mol. The van der Waals surface area contributed by atoms with Crippen molar-refractivity contribution in [1.82, 2.24) is 0 Å². The summed E-state index contributed by atoms with van der Waals surface area (Å²) in [6, 6.07) is 0. The molecule has 0 fully saturated rings. The van der Waals surface area contributed by atoms with E-state index in [1.54, 1.807) is 0 Å². The maximum Gasteiger partial charge on any atom is 0.159 e. The van der Waals surface area contributed by atoms with E-state index in [2.05, 4.69) is 6.92 Å². The van der Waals surface area contributed by atoms with E-state index in [1.807, 2.05) is 0 Å². The molecule has 0 aromatic heterocycles. The Bertz CT molecular complexity index is 531. The van der Waals surface area contributed by atoms with Crippen molar-refractivity contribution in [3.8, 4) is 0 Å². The molecule has 0 amide bonds. The zero-order valence-electron chi connectivity index (χ0n) is 25.1. The number of hydrogen-bond acceptors (Lipinski definition) is 8. The molecule has 0 aliphatic heterocycles. The quantitative estimate of drug-likeness (QED) is 0.0543. The van der Waals surface area contributed by atoms with Crippen molar-refractivity contribution < 1.29 is 35.0 Å². The summed E-state index contributed by atoms with van der Waals surface area (Å²) in [5, 5.41) is 48.3. The smallest absolute Gasteiger partial charge is 0.159 e. The van der Waals surface area contributed by atoms with Crippen molar-refractivity contribution in [2.24, 2.45) is 10.8 Å². The van der Waals surface area contributed by atoms with E-state index in [0.29, 0.717) is 11.5 Å². The van der Waals surface area contributed by atoms with Gasteiger partial charge in [0.05, 0.1) is 57.1 Å². The second-order valence-corrected chi connectivity index (χ2v) is 12.2. The number of unbranched alkanes of at least 4 members (excludes halogenated alkanes) is 17. The topological polar surface area (TPSA) is 120 Å². The highest BCUT2D eigenvalue weighted by Crippen LogP contribution is 2.22. The molecule has 234 valence electrons. The van der Waals surface area contributed by atoms with Crippen molar-refractivity contribution in [3.63, 3.8) is 0 Å². The number of aliphatic hydroxyl groups is 5. The van der Waals surface area contributed by atoms with E-state index in [1.165, 1.54) is 103 Å². The van der Waals surface area contributed by atoms with E-state index in [-0.39, 0.29) is 33.0 Å². The summed E-state index contributed by atoms with van der Waals surface area (Å²) in [5.41, 5.74) is -2.22. The normalized spacial score (nSPS) is 12.3. The van der Waals surface area contributed by atoms with Gasteiger partial charge in [-0.15, -0.1) is 0 Å². The van der Waals surface area contributed by atoms with Crippen molar-refractivity contribution in [2.45, 2.75) is 129 Å². The summed E-state index contributed by atoms with van der Waals surface area (Å²) in [6.45, 7) is 0.0794. The molecule has 0 spiro atoms. The lowest BCUT2D eigenvalue weighted by atomic mass is 9.90. The maximum atomic E-state index is 9.82. The Morgan fingerprint density at radius 2 is 0.821 bits per heavy atom. The van der Waals surface area contributed by atoms with E-state index in [0.717, 1.165) is 12.8 Å². The Hall–Kier alpha value is -0.350. The molecule has 0 aromatic rings. The second-order valence-electron chi connectivity index (χ2n) is 11.7. The third-order valence-corrected chi connectivity index (χ3v) is 8.09. The van der Waals surface area contributed by atoms with Crippen LogP contribution in [0.4, 0.5) is 0 Å². The monoisotopic (exact) mass is 578 g/mol. The number of hydrogen-bond donors (Lipinski definition) is 5. The zero-order valence-corrected chi connectivity index (χ0v) is 25.9. The standard InChI is InChI=1S/C31H62O7S/c1-2-3-4-5-6-7-8-9-10-11-12-13-14-15-16-17-18-19-20-29(39)38-28-31(24-35,25-36)27-37-26-30(21-32,22-33)23-34/h32-36H,2-28H2,1H3. The van der Waals surface area contributed by atoms with Crippen molar-refractivity contribution >= 4 is 17.3 Å². The van der Waals surface area contributed by atoms with Gasteiger partial charge < -0.3 is 35.0 Å². The van der Waals surface area contributed by atoms with Gasteiger partial charge in [0.2, 0.25) is 0 Å². The van der Waals surface area contributed by atoms with Crippen LogP contribution in [0.1, 0.15) is 129 Å². The Morgan fingerprint density at radius 1 is 0.487 bits per heavy atom. The maximum absolute atomic E-state index is 9.82. The van der Waals surface area contributed by atoms with Gasteiger partial charge >= 0.3 is 0 Å². The van der Waals surface area contributed by atoms with Crippen LogP contribution in [0.2, 0.25) is 0 Å². The summed E-state index contributed by atoms with van der Waals surface area (Å²) in [7, 11) is 0. The molecule has 0 aliphatic carbocycles. The van der Waals surface area contributed by atoms with Crippen LogP contribution < -0.4 is 0 Å². The first kappa shape index (κ1) is 38.6. The third kappa shape index (κ3) is 20.2. The lowest BCUT2D eigenvalue weighted by Crippen LogP contribution is -2.44. The molecule has 0 heterocycles. The van der Waals surface area contributed by atoms with E-state index < -0.39 is 30.7 Å². The van der Waals surface area contributed by atoms with Crippen LogP contribution in [-0.2, 0) is 9.47 Å². The largest absolute Gasteiger partial charge is 0.486 e. The summed E-state index contributed by atoms with van der Waals surface area (Å²) < 4.78 is 11.2. The van der Waals surface area contributed by atoms with Crippen LogP contribution in [0.3, 0.4) is 0 Å². The Kier molecular flexibility index (Phi) is 26.3. The highest BCUT2D eigenvalue weighted by molar-refractivity contribution is 7.80. The third-order valence-electron chi connectivity index (χ3n) is 7.77. The Morgan fingerprint density at radius 3 is 1.18 bits per heavy atom. The highest BCUT2D eigenvalue weighted by atomic mass is 32.1. The fourth-order valence-electron chi connectivity index (χ4n) is 4.52. The van der Waals surface area contributed by atoms with Gasteiger partial charge in [0.25, 0.3) is 0 Å². The first-order chi connectivity index (χ1) is 19.0. The van der Waals surface area contributed by atoms with Crippen molar-refractivity contribution in [2.75, 3.05) is 52.9 Å². The van der Waals surface area contributed by atoms with Gasteiger partial charge in [0.1, 0.15) is 6.61 Å². The van der Waals surface area contributed by atoms with E-state index in [9.17, 15) is 25.5 Å². The second kappa shape index (κ2) is 26.5. The van der Waals surface area contributed by atoms with Gasteiger partial charge in [-0.25, -0.2) is 0 Å². The van der Waals surface area contributed by atoms with Gasteiger partial charge in [-0.3, -0.25) is 0 Å². The van der Waals surface area contributed by atoms with Crippen molar-refractivity contribution in [1.29, 1.82) is 0 Å². The molecular weight excluding hydrogens is 516 g/mol. The number of rotatable bonds is 30. The Balaban J connectivity index is 3.73. The SMILES string of the molecule is CCCCCCCCCCCCCCCCCCCCC(=S)OCC(CO)(CO)COCC(CO)(CO)CO. The van der Waals surface area contributed by atoms with Crippen LogP contribution in [0, 0.1) is 10.8 Å². The van der Waals surface area contributed by atoms with Crippen LogP contribution >= 0.6 is 12.2 Å². The molecule has 0 unspecified atom stereocenters. The first-order valence-corrected chi connectivity index (χ1v) is 16.2. The highest BCUT2D eigenvalue weighted by Gasteiger charge is 2.34. The predicted molar refractivity (Wildman–Crippen MR) is 163 cm³/mol. The predicted octanol–water partition coefficient (Wildman–Crippen LogP) is 5.71. The van der Waals surface area contributed by atoms with E-state index in [4.69, 9.17) is 21.7 Å². The van der Waals surface area contributed by atoms with Gasteiger partial charge in [-0.2, -0.15) is 0 Å². The molecular formula is C31H62O7S. The Labute approximate surface area is 244 Å². The fraction of sp³-hybridized carbons (Fsp3) is 0.968. The first-order valence-electron chi connectivity index (χ1n) is 15.7. The molecule has 39 heavy (non-hydrogen) atoms. The number of thiocarbonyl (C=S) groups is 1. The van der Waals surface area contributed by atoms with Crippen LogP contribution in [-0.4, -0.2) is 83.4 Å². The number of aliphatic hydroxyl groups excluding tert-OH is 5. The molecule has 0 aromatic carbocycles. The molecule has 5 N–H and O–H groups in total. The molecule has 0 saturated carbocycles. The minimum absolute atomic E-state index is 0.0161. The molecule has 0 atom stereocenters. The van der Waals surface area contributed by atoms with Crippen LogP contribution in [0.5, 0.6) is 0 Å². The molecule has 7 nitrogen and oxygen atoms in total. The average Bonchev–Trinajstić information content (AvgIpc) is 2.97. The minimum Gasteiger partial charge on any atom is -0.486 e. The summed E-state index contributed by atoms with van der Waals surface area (Å²) in [5.74, 6) is 0. The molecule has 0 radical (unpaired) electrons. The summed E-state index contributed by atoms with van der Waals surface area (Å²) >= 11 is 5.34. The lowest BCUT2D eigenvalue weighted by molar-refractivity contribution is -0.101. The van der Waals surface area contributed by atoms with Gasteiger partial charge in [0.15, 0.2) is 5.05 Å². The zero-order chi connectivity index (χ0) is 29.1. The van der Waals surface area contributed by atoms with Crippen molar-refractivity contribution in [3.05, 3.63) is 0 Å². The van der Waals surface area contributed by atoms with E-state index >= 15 is 0 Å². The molecule has 0 bridgehead atoms. The molecule has 0 saturated heterocycles. The van der Waals surface area contributed by atoms with Crippen LogP contribution in [0.15, 0.2) is 0 Å². The fourth-order valence-corrected chi connectivity index (χ4v) is 4.73. The summed E-state index contributed by atoms with van der Waals surface area (Å²) in [6.07, 6.45) is 24.6. The summed E-state index contributed by atoms with van der Waals surface area (Å²) in [4.78, 5) is 0. The molecule has 0 rings (SSSR count).